The largest absolute Gasteiger partial charge is 0.361 e. The highest BCUT2D eigenvalue weighted by atomic mass is 16.5. The highest BCUT2D eigenvalue weighted by Crippen LogP contribution is 2.16. The Bertz CT molecular complexity index is 138. The van der Waals surface area contributed by atoms with Crippen molar-refractivity contribution in [2.45, 2.75) is 19.1 Å². The van der Waals surface area contributed by atoms with Gasteiger partial charge in [-0.3, -0.25) is 4.90 Å². The van der Waals surface area contributed by atoms with Gasteiger partial charge in [0, 0.05) is 13.7 Å². The lowest BCUT2D eigenvalue weighted by Gasteiger charge is -2.20. The second-order valence-corrected chi connectivity index (χ2v) is 2.36. The van der Waals surface area contributed by atoms with Crippen LogP contribution in [0.15, 0.2) is 0 Å². The quantitative estimate of drug-likeness (QED) is 0.568. The maximum Gasteiger partial charge on any atom is 0.316 e. The molecule has 0 radical (unpaired) electrons. The first kappa shape index (κ1) is 7.34. The van der Waals surface area contributed by atoms with Crippen LogP contribution in [0.3, 0.4) is 0 Å². The van der Waals surface area contributed by atoms with Crippen molar-refractivity contribution in [1.82, 2.24) is 4.90 Å². The standard InChI is InChI=1S/C6H12N2O2/c1-10-5-3-2-4-8(5)6(7)9/h5H,2-4H2,1H3,(H2,7,9)/t5-/m0/s1. The zero-order valence-electron chi connectivity index (χ0n) is 6.04. The summed E-state index contributed by atoms with van der Waals surface area (Å²) in [6, 6.07) is -0.385. The molecule has 1 fully saturated rings. The van der Waals surface area contributed by atoms with Crippen LogP contribution in [0.1, 0.15) is 12.8 Å². The normalized spacial score (nSPS) is 25.3. The van der Waals surface area contributed by atoms with Gasteiger partial charge in [-0.15, -0.1) is 0 Å². The molecular weight excluding hydrogens is 132 g/mol. The Morgan fingerprint density at radius 2 is 2.50 bits per heavy atom. The van der Waals surface area contributed by atoms with E-state index < -0.39 is 0 Å². The van der Waals surface area contributed by atoms with E-state index in [0.717, 1.165) is 19.4 Å². The Hall–Kier alpha value is -0.770. The molecule has 0 saturated carbocycles. The second kappa shape index (κ2) is 2.88. The van der Waals surface area contributed by atoms with Crippen LogP contribution in [0.2, 0.25) is 0 Å². The van der Waals surface area contributed by atoms with Crippen molar-refractivity contribution in [3.63, 3.8) is 0 Å². The minimum Gasteiger partial charge on any atom is -0.361 e. The first-order valence-corrected chi connectivity index (χ1v) is 3.34. The van der Waals surface area contributed by atoms with Crippen molar-refractivity contribution in [1.29, 1.82) is 0 Å². The maximum absolute atomic E-state index is 10.6. The van der Waals surface area contributed by atoms with Crippen molar-refractivity contribution in [3.8, 4) is 0 Å². The molecule has 10 heavy (non-hydrogen) atoms. The summed E-state index contributed by atoms with van der Waals surface area (Å²) in [5.41, 5.74) is 5.07. The molecule has 0 aromatic carbocycles. The number of urea groups is 1. The van der Waals surface area contributed by atoms with Crippen LogP contribution in [0.4, 0.5) is 4.79 Å². The number of carbonyl (C=O) groups is 1. The lowest BCUT2D eigenvalue weighted by molar-refractivity contribution is 0.0202. The van der Waals surface area contributed by atoms with Gasteiger partial charge in [-0.25, -0.2) is 4.79 Å². The summed E-state index contributed by atoms with van der Waals surface area (Å²) in [7, 11) is 1.59. The van der Waals surface area contributed by atoms with Gasteiger partial charge in [0.25, 0.3) is 0 Å². The summed E-state index contributed by atoms with van der Waals surface area (Å²) in [6.45, 7) is 0.730. The topological polar surface area (TPSA) is 55.6 Å². The molecule has 1 atom stereocenters. The molecule has 0 aliphatic carbocycles. The lowest BCUT2D eigenvalue weighted by Crippen LogP contribution is -2.40. The minimum absolute atomic E-state index is 0.0856. The number of primary amides is 1. The lowest BCUT2D eigenvalue weighted by atomic mass is 10.4. The molecule has 4 nitrogen and oxygen atoms in total. The predicted octanol–water partition coefficient (Wildman–Crippen LogP) is 0.133. The number of amides is 2. The van der Waals surface area contributed by atoms with E-state index in [1.165, 1.54) is 0 Å². The van der Waals surface area contributed by atoms with Crippen molar-refractivity contribution >= 4 is 6.03 Å². The molecular formula is C6H12N2O2. The molecule has 1 aliphatic rings. The fourth-order valence-corrected chi connectivity index (χ4v) is 1.23. The molecule has 4 heteroatoms. The van der Waals surface area contributed by atoms with Gasteiger partial charge in [0.05, 0.1) is 0 Å². The molecule has 1 saturated heterocycles. The Labute approximate surface area is 59.9 Å². The van der Waals surface area contributed by atoms with Gasteiger partial charge >= 0.3 is 6.03 Å². The van der Waals surface area contributed by atoms with E-state index in [9.17, 15) is 4.79 Å². The highest BCUT2D eigenvalue weighted by Gasteiger charge is 2.26. The number of rotatable bonds is 1. The van der Waals surface area contributed by atoms with E-state index in [1.54, 1.807) is 12.0 Å². The molecule has 0 unspecified atom stereocenters. The number of nitrogens with two attached hydrogens (primary N) is 1. The van der Waals surface area contributed by atoms with Crippen LogP contribution >= 0.6 is 0 Å². The predicted molar refractivity (Wildman–Crippen MR) is 36.3 cm³/mol. The number of nitrogens with zero attached hydrogens (tertiary/aromatic N) is 1. The Balaban J connectivity index is 2.50. The van der Waals surface area contributed by atoms with Crippen molar-refractivity contribution < 1.29 is 9.53 Å². The summed E-state index contributed by atoms with van der Waals surface area (Å²) in [4.78, 5) is 12.2. The fourth-order valence-electron chi connectivity index (χ4n) is 1.23. The van der Waals surface area contributed by atoms with Crippen molar-refractivity contribution in [2.24, 2.45) is 5.73 Å². The zero-order valence-corrected chi connectivity index (χ0v) is 6.04. The zero-order chi connectivity index (χ0) is 7.56. The SMILES string of the molecule is CO[C@H]1CCCN1C(N)=O. The van der Waals surface area contributed by atoms with Crippen LogP contribution in [-0.2, 0) is 4.74 Å². The summed E-state index contributed by atoms with van der Waals surface area (Å²) in [5.74, 6) is 0. The molecule has 2 N–H and O–H groups in total. The molecule has 0 aromatic rings. The van der Waals surface area contributed by atoms with Crippen LogP contribution in [0.25, 0.3) is 0 Å². The average molecular weight is 144 g/mol. The van der Waals surface area contributed by atoms with Gasteiger partial charge in [0.2, 0.25) is 0 Å². The summed E-state index contributed by atoms with van der Waals surface area (Å²) < 4.78 is 5.01. The number of likely N-dealkylation sites (tertiary alicyclic amines) is 1. The smallest absolute Gasteiger partial charge is 0.316 e. The molecule has 1 heterocycles. The summed E-state index contributed by atoms with van der Waals surface area (Å²) in [5, 5.41) is 0. The third-order valence-electron chi connectivity index (χ3n) is 1.75. The van der Waals surface area contributed by atoms with E-state index in [0.29, 0.717) is 0 Å². The van der Waals surface area contributed by atoms with Gasteiger partial charge in [0.15, 0.2) is 0 Å². The van der Waals surface area contributed by atoms with Crippen LogP contribution in [0.5, 0.6) is 0 Å². The molecule has 1 aliphatic heterocycles. The first-order chi connectivity index (χ1) is 4.75. The molecule has 2 amide bonds. The van der Waals surface area contributed by atoms with E-state index in [2.05, 4.69) is 0 Å². The van der Waals surface area contributed by atoms with Crippen molar-refractivity contribution in [3.05, 3.63) is 0 Å². The highest BCUT2D eigenvalue weighted by molar-refractivity contribution is 5.72. The van der Waals surface area contributed by atoms with Gasteiger partial charge in [-0.1, -0.05) is 0 Å². The minimum atomic E-state index is -0.385. The summed E-state index contributed by atoms with van der Waals surface area (Å²) in [6.07, 6.45) is 1.80. The van der Waals surface area contributed by atoms with Crippen molar-refractivity contribution in [2.75, 3.05) is 13.7 Å². The Morgan fingerprint density at radius 3 is 2.90 bits per heavy atom. The average Bonchev–Trinajstić information content (AvgIpc) is 2.33. The van der Waals surface area contributed by atoms with Gasteiger partial charge in [-0.2, -0.15) is 0 Å². The molecule has 58 valence electrons. The number of hydrogen-bond acceptors (Lipinski definition) is 2. The third-order valence-corrected chi connectivity index (χ3v) is 1.75. The number of ether oxygens (including phenoxy) is 1. The fraction of sp³-hybridized carbons (Fsp3) is 0.833. The third kappa shape index (κ3) is 1.21. The van der Waals surface area contributed by atoms with Crippen LogP contribution < -0.4 is 5.73 Å². The van der Waals surface area contributed by atoms with Gasteiger partial charge in [0.1, 0.15) is 6.23 Å². The number of carbonyl (C=O) groups excluding carboxylic acids is 1. The number of hydrogen-bond donors (Lipinski definition) is 1. The molecule has 0 aromatic heterocycles. The van der Waals surface area contributed by atoms with Crippen LogP contribution in [-0.4, -0.2) is 30.8 Å². The monoisotopic (exact) mass is 144 g/mol. The molecule has 0 spiro atoms. The Morgan fingerprint density at radius 1 is 1.80 bits per heavy atom. The Kier molecular flexibility index (Phi) is 2.11. The van der Waals surface area contributed by atoms with E-state index >= 15 is 0 Å². The van der Waals surface area contributed by atoms with Gasteiger partial charge < -0.3 is 10.5 Å². The van der Waals surface area contributed by atoms with E-state index in [4.69, 9.17) is 10.5 Å². The second-order valence-electron chi connectivity index (χ2n) is 2.36. The van der Waals surface area contributed by atoms with Crippen LogP contribution in [0, 0.1) is 0 Å². The molecule has 1 rings (SSSR count). The number of methoxy groups -OCH3 is 1. The molecule has 0 bridgehead atoms. The summed E-state index contributed by atoms with van der Waals surface area (Å²) >= 11 is 0. The van der Waals surface area contributed by atoms with E-state index in [-0.39, 0.29) is 12.3 Å². The maximum atomic E-state index is 10.6. The first-order valence-electron chi connectivity index (χ1n) is 3.34. The van der Waals surface area contributed by atoms with E-state index in [1.807, 2.05) is 0 Å². The van der Waals surface area contributed by atoms with Gasteiger partial charge in [-0.05, 0) is 12.8 Å².